The predicted molar refractivity (Wildman–Crippen MR) is 86.7 cm³/mol. The normalized spacial score (nSPS) is 10.3. The molecule has 2 amide bonds. The molecule has 0 unspecified atom stereocenters. The molecular formula is C16H27N3O2. The molecule has 0 bridgehead atoms. The Morgan fingerprint density at radius 1 is 1.29 bits per heavy atom. The highest BCUT2D eigenvalue weighted by molar-refractivity contribution is 5.74. The Kier molecular flexibility index (Phi) is 7.02. The van der Waals surface area contributed by atoms with Crippen LogP contribution in [0.3, 0.4) is 0 Å². The van der Waals surface area contributed by atoms with Crippen LogP contribution in [0, 0.1) is 6.92 Å². The summed E-state index contributed by atoms with van der Waals surface area (Å²) in [5.74, 6) is 0. The molecule has 0 spiro atoms. The number of anilines is 1. The van der Waals surface area contributed by atoms with Crippen molar-refractivity contribution in [1.29, 1.82) is 0 Å². The van der Waals surface area contributed by atoms with Gasteiger partial charge in [-0.1, -0.05) is 13.0 Å². The van der Waals surface area contributed by atoms with Crippen molar-refractivity contribution < 1.29 is 9.90 Å². The van der Waals surface area contributed by atoms with E-state index in [1.54, 1.807) is 4.90 Å². The number of urea groups is 1. The molecule has 0 saturated heterocycles. The van der Waals surface area contributed by atoms with E-state index in [1.807, 2.05) is 40.1 Å². The zero-order chi connectivity index (χ0) is 15.8. The zero-order valence-corrected chi connectivity index (χ0v) is 13.5. The average Bonchev–Trinajstić information content (AvgIpc) is 2.45. The summed E-state index contributed by atoms with van der Waals surface area (Å²) in [6.07, 6.45) is 0.879. The van der Waals surface area contributed by atoms with E-state index in [4.69, 9.17) is 5.11 Å². The zero-order valence-electron chi connectivity index (χ0n) is 13.5. The number of benzene rings is 1. The van der Waals surface area contributed by atoms with Gasteiger partial charge in [-0.25, -0.2) is 4.79 Å². The highest BCUT2D eigenvalue weighted by atomic mass is 16.3. The number of nitrogens with zero attached hydrogens (tertiary/aromatic N) is 2. The largest absolute Gasteiger partial charge is 0.395 e. The van der Waals surface area contributed by atoms with Crippen molar-refractivity contribution in [2.75, 3.05) is 38.7 Å². The fourth-order valence-electron chi connectivity index (χ4n) is 2.14. The minimum absolute atomic E-state index is 0.00994. The predicted octanol–water partition coefficient (Wildman–Crippen LogP) is 1.97. The second kappa shape index (κ2) is 8.52. The van der Waals surface area contributed by atoms with Gasteiger partial charge in [0.05, 0.1) is 6.61 Å². The average molecular weight is 293 g/mol. The van der Waals surface area contributed by atoms with Gasteiger partial charge in [0.15, 0.2) is 0 Å². The fourth-order valence-corrected chi connectivity index (χ4v) is 2.14. The number of aryl methyl sites for hydroxylation is 1. The van der Waals surface area contributed by atoms with E-state index >= 15 is 0 Å². The number of amides is 2. The third kappa shape index (κ3) is 5.27. The summed E-state index contributed by atoms with van der Waals surface area (Å²) in [6, 6.07) is 6.08. The van der Waals surface area contributed by atoms with Crippen LogP contribution in [0.4, 0.5) is 10.5 Å². The fraction of sp³-hybridized carbons (Fsp3) is 0.562. The summed E-state index contributed by atoms with van der Waals surface area (Å²) in [5, 5.41) is 11.9. The first-order chi connectivity index (χ1) is 9.99. The Bertz CT molecular complexity index is 455. The Hall–Kier alpha value is -1.75. The van der Waals surface area contributed by atoms with Gasteiger partial charge in [-0.15, -0.1) is 0 Å². The number of aliphatic hydroxyl groups is 1. The van der Waals surface area contributed by atoms with Gasteiger partial charge >= 0.3 is 6.03 Å². The molecular weight excluding hydrogens is 266 g/mol. The molecule has 118 valence electrons. The molecule has 0 atom stereocenters. The van der Waals surface area contributed by atoms with E-state index in [-0.39, 0.29) is 12.6 Å². The summed E-state index contributed by atoms with van der Waals surface area (Å²) in [4.78, 5) is 15.8. The molecule has 5 heteroatoms. The number of carbonyl (C=O) groups excluding carboxylic acids is 1. The van der Waals surface area contributed by atoms with Gasteiger partial charge in [0.2, 0.25) is 0 Å². The number of rotatable bonds is 7. The van der Waals surface area contributed by atoms with Gasteiger partial charge in [0, 0.05) is 39.4 Å². The van der Waals surface area contributed by atoms with Crippen LogP contribution in [0.15, 0.2) is 18.2 Å². The van der Waals surface area contributed by atoms with Gasteiger partial charge in [-0.3, -0.25) is 0 Å². The topological polar surface area (TPSA) is 55.8 Å². The molecule has 0 aromatic heterocycles. The minimum Gasteiger partial charge on any atom is -0.395 e. The van der Waals surface area contributed by atoms with Crippen molar-refractivity contribution in [2.24, 2.45) is 0 Å². The first kappa shape index (κ1) is 17.3. The van der Waals surface area contributed by atoms with Crippen molar-refractivity contribution in [2.45, 2.75) is 26.8 Å². The lowest BCUT2D eigenvalue weighted by Gasteiger charge is -2.22. The third-order valence-electron chi connectivity index (χ3n) is 3.42. The number of carbonyl (C=O) groups is 1. The molecule has 1 rings (SSSR count). The van der Waals surface area contributed by atoms with Gasteiger partial charge in [-0.2, -0.15) is 0 Å². The van der Waals surface area contributed by atoms with Crippen LogP contribution in [0.2, 0.25) is 0 Å². The lowest BCUT2D eigenvalue weighted by molar-refractivity contribution is 0.177. The van der Waals surface area contributed by atoms with Crippen LogP contribution < -0.4 is 10.2 Å². The molecule has 0 heterocycles. The monoisotopic (exact) mass is 293 g/mol. The summed E-state index contributed by atoms with van der Waals surface area (Å²) in [7, 11) is 4.02. The van der Waals surface area contributed by atoms with Crippen LogP contribution in [-0.4, -0.2) is 49.8 Å². The Morgan fingerprint density at radius 2 is 2.00 bits per heavy atom. The summed E-state index contributed by atoms with van der Waals surface area (Å²) in [5.41, 5.74) is 3.41. The molecule has 21 heavy (non-hydrogen) atoms. The molecule has 0 aliphatic heterocycles. The van der Waals surface area contributed by atoms with Crippen molar-refractivity contribution >= 4 is 11.7 Å². The standard InChI is InChI=1S/C16H27N3O2/c1-5-8-19(9-10-20)16(21)17-12-14-6-7-15(18(3)4)11-13(14)2/h6-7,11,20H,5,8-10,12H2,1-4H3,(H,17,21). The van der Waals surface area contributed by atoms with E-state index in [0.29, 0.717) is 19.6 Å². The lowest BCUT2D eigenvalue weighted by atomic mass is 10.1. The maximum Gasteiger partial charge on any atom is 0.317 e. The molecule has 0 saturated carbocycles. The molecule has 0 fully saturated rings. The number of hydrogen-bond acceptors (Lipinski definition) is 3. The smallest absolute Gasteiger partial charge is 0.317 e. The maximum atomic E-state index is 12.1. The van der Waals surface area contributed by atoms with Crippen molar-refractivity contribution in [3.05, 3.63) is 29.3 Å². The van der Waals surface area contributed by atoms with Gasteiger partial charge in [0.1, 0.15) is 0 Å². The second-order valence-corrected chi connectivity index (χ2v) is 5.37. The van der Waals surface area contributed by atoms with Crippen LogP contribution in [0.5, 0.6) is 0 Å². The molecule has 2 N–H and O–H groups in total. The first-order valence-corrected chi connectivity index (χ1v) is 7.40. The van der Waals surface area contributed by atoms with Crippen LogP contribution in [-0.2, 0) is 6.54 Å². The first-order valence-electron chi connectivity index (χ1n) is 7.40. The van der Waals surface area contributed by atoms with Crippen molar-refractivity contribution in [3.63, 3.8) is 0 Å². The van der Waals surface area contributed by atoms with Gasteiger partial charge in [-0.05, 0) is 36.6 Å². The van der Waals surface area contributed by atoms with Crippen LogP contribution in [0.25, 0.3) is 0 Å². The number of hydrogen-bond donors (Lipinski definition) is 2. The summed E-state index contributed by atoms with van der Waals surface area (Å²) >= 11 is 0. The number of aliphatic hydroxyl groups excluding tert-OH is 1. The number of nitrogens with one attached hydrogen (secondary N) is 1. The summed E-state index contributed by atoms with van der Waals surface area (Å²) in [6.45, 7) is 5.59. The molecule has 1 aromatic carbocycles. The van der Waals surface area contributed by atoms with E-state index in [2.05, 4.69) is 16.3 Å². The third-order valence-corrected chi connectivity index (χ3v) is 3.42. The van der Waals surface area contributed by atoms with E-state index < -0.39 is 0 Å². The highest BCUT2D eigenvalue weighted by Gasteiger charge is 2.11. The minimum atomic E-state index is -0.123. The Morgan fingerprint density at radius 3 is 2.52 bits per heavy atom. The second-order valence-electron chi connectivity index (χ2n) is 5.37. The maximum absolute atomic E-state index is 12.1. The van der Waals surface area contributed by atoms with Gasteiger partial charge in [0.25, 0.3) is 0 Å². The van der Waals surface area contributed by atoms with Crippen LogP contribution in [0.1, 0.15) is 24.5 Å². The summed E-state index contributed by atoms with van der Waals surface area (Å²) < 4.78 is 0. The molecule has 0 radical (unpaired) electrons. The van der Waals surface area contributed by atoms with E-state index in [1.165, 1.54) is 0 Å². The van der Waals surface area contributed by atoms with E-state index in [9.17, 15) is 4.79 Å². The SMILES string of the molecule is CCCN(CCO)C(=O)NCc1ccc(N(C)C)cc1C. The lowest BCUT2D eigenvalue weighted by Crippen LogP contribution is -2.41. The Balaban J connectivity index is 2.63. The van der Waals surface area contributed by atoms with Crippen LogP contribution >= 0.6 is 0 Å². The molecule has 0 aliphatic rings. The van der Waals surface area contributed by atoms with Gasteiger partial charge < -0.3 is 20.2 Å². The molecule has 0 aliphatic carbocycles. The quantitative estimate of drug-likeness (QED) is 0.808. The van der Waals surface area contributed by atoms with Crippen molar-refractivity contribution in [1.82, 2.24) is 10.2 Å². The van der Waals surface area contributed by atoms with Crippen molar-refractivity contribution in [3.8, 4) is 0 Å². The molecule has 5 nitrogen and oxygen atoms in total. The highest BCUT2D eigenvalue weighted by Crippen LogP contribution is 2.17. The van der Waals surface area contributed by atoms with E-state index in [0.717, 1.165) is 23.2 Å². The Labute approximate surface area is 127 Å². The molecule has 1 aromatic rings.